The molecule has 3 nitrogen and oxygen atoms in total. The number of hydrogen-bond acceptors (Lipinski definition) is 4. The Morgan fingerprint density at radius 2 is 2.07 bits per heavy atom. The van der Waals surface area contributed by atoms with Gasteiger partial charge in [0.05, 0.1) is 5.38 Å². The lowest BCUT2D eigenvalue weighted by Crippen LogP contribution is -1.90. The Bertz CT molecular complexity index is 424. The van der Waals surface area contributed by atoms with Crippen molar-refractivity contribution >= 4 is 28.0 Å². The molecule has 1 radical (unpaired) electrons. The molecule has 0 fully saturated rings. The summed E-state index contributed by atoms with van der Waals surface area (Å²) in [6.07, 6.45) is 0. The quantitative estimate of drug-likeness (QED) is 0.796. The van der Waals surface area contributed by atoms with Crippen molar-refractivity contribution in [2.75, 3.05) is 11.1 Å². The van der Waals surface area contributed by atoms with E-state index in [1.165, 1.54) is 23.5 Å². The first-order valence-corrected chi connectivity index (χ1v) is 4.72. The number of thiazole rings is 1. The van der Waals surface area contributed by atoms with Gasteiger partial charge < -0.3 is 11.1 Å². The summed E-state index contributed by atoms with van der Waals surface area (Å²) < 4.78 is 12.6. The molecule has 2 rings (SSSR count). The predicted molar refractivity (Wildman–Crippen MR) is 55.0 cm³/mol. The van der Waals surface area contributed by atoms with E-state index in [-0.39, 0.29) is 5.82 Å². The van der Waals surface area contributed by atoms with Crippen LogP contribution in [0.5, 0.6) is 0 Å². The molecule has 71 valence electrons. The van der Waals surface area contributed by atoms with Gasteiger partial charge in [-0.3, -0.25) is 0 Å². The van der Waals surface area contributed by atoms with Crippen molar-refractivity contribution in [2.45, 2.75) is 0 Å². The van der Waals surface area contributed by atoms with Crippen molar-refractivity contribution in [2.24, 2.45) is 0 Å². The van der Waals surface area contributed by atoms with Crippen molar-refractivity contribution in [1.82, 2.24) is 4.98 Å². The third kappa shape index (κ3) is 2.00. The molecule has 2 aromatic rings. The van der Waals surface area contributed by atoms with Crippen LogP contribution in [0.4, 0.5) is 21.0 Å². The van der Waals surface area contributed by atoms with Crippen molar-refractivity contribution in [3.63, 3.8) is 0 Å². The number of aromatic nitrogens is 1. The molecule has 0 unspecified atom stereocenters. The highest BCUT2D eigenvalue weighted by atomic mass is 32.1. The molecule has 0 aliphatic heterocycles. The molecular weight excluding hydrogens is 201 g/mol. The van der Waals surface area contributed by atoms with Crippen LogP contribution in [-0.4, -0.2) is 4.98 Å². The van der Waals surface area contributed by atoms with Crippen LogP contribution in [0.15, 0.2) is 24.3 Å². The summed E-state index contributed by atoms with van der Waals surface area (Å²) in [5.41, 5.74) is 6.17. The summed E-state index contributed by atoms with van der Waals surface area (Å²) in [7, 11) is 0. The summed E-state index contributed by atoms with van der Waals surface area (Å²) in [5.74, 6) is 0.0976. The summed E-state index contributed by atoms with van der Waals surface area (Å²) in [4.78, 5) is 3.96. The minimum atomic E-state index is -0.263. The van der Waals surface area contributed by atoms with Crippen LogP contribution in [0, 0.1) is 11.2 Å². The standard InChI is InChI=1S/C9H7FN3S/c10-6-1-3-7(4-2-6)12-9-13-8(11)5-14-9/h1-4H,11H2,(H,12,13). The van der Waals surface area contributed by atoms with Gasteiger partial charge in [-0.2, -0.15) is 0 Å². The van der Waals surface area contributed by atoms with Gasteiger partial charge >= 0.3 is 0 Å². The van der Waals surface area contributed by atoms with Gasteiger partial charge in [0.2, 0.25) is 0 Å². The number of nitrogens with zero attached hydrogens (tertiary/aromatic N) is 1. The smallest absolute Gasteiger partial charge is 0.189 e. The molecule has 1 aromatic carbocycles. The average molecular weight is 208 g/mol. The number of hydrogen-bond donors (Lipinski definition) is 2. The van der Waals surface area contributed by atoms with E-state index in [1.54, 1.807) is 12.1 Å². The van der Waals surface area contributed by atoms with E-state index in [2.05, 4.69) is 15.7 Å². The highest BCUT2D eigenvalue weighted by Crippen LogP contribution is 2.21. The summed E-state index contributed by atoms with van der Waals surface area (Å²) in [6, 6.07) is 6.02. The maximum Gasteiger partial charge on any atom is 0.189 e. The zero-order valence-electron chi connectivity index (χ0n) is 7.12. The SMILES string of the molecule is Nc1[c]sc(Nc2ccc(F)cc2)n1. The number of nitrogen functional groups attached to an aromatic ring is 1. The molecule has 0 aliphatic carbocycles. The first kappa shape index (κ1) is 8.96. The Hall–Kier alpha value is -1.62. The van der Waals surface area contributed by atoms with Crippen LogP contribution in [0.2, 0.25) is 0 Å². The largest absolute Gasteiger partial charge is 0.382 e. The Morgan fingerprint density at radius 1 is 1.36 bits per heavy atom. The molecule has 1 aromatic heterocycles. The second-order valence-electron chi connectivity index (χ2n) is 2.64. The molecule has 0 aliphatic rings. The van der Waals surface area contributed by atoms with Gasteiger partial charge in [-0.25, -0.2) is 9.37 Å². The molecule has 0 atom stereocenters. The molecule has 1 heterocycles. The highest BCUT2D eigenvalue weighted by Gasteiger charge is 1.99. The molecule has 0 spiro atoms. The Kier molecular flexibility index (Phi) is 2.32. The van der Waals surface area contributed by atoms with Crippen molar-refractivity contribution in [3.8, 4) is 0 Å². The zero-order valence-corrected chi connectivity index (χ0v) is 7.94. The Morgan fingerprint density at radius 3 is 2.64 bits per heavy atom. The van der Waals surface area contributed by atoms with Crippen LogP contribution < -0.4 is 11.1 Å². The fourth-order valence-electron chi connectivity index (χ4n) is 0.966. The predicted octanol–water partition coefficient (Wildman–Crippen LogP) is 2.41. The van der Waals surface area contributed by atoms with E-state index in [0.717, 1.165) is 5.69 Å². The van der Waals surface area contributed by atoms with Gasteiger partial charge in [0, 0.05) is 5.69 Å². The molecule has 0 saturated heterocycles. The third-order valence-corrected chi connectivity index (χ3v) is 2.27. The normalized spacial score (nSPS) is 10.1. The minimum Gasteiger partial charge on any atom is -0.382 e. The molecule has 3 N–H and O–H groups in total. The van der Waals surface area contributed by atoms with Gasteiger partial charge in [-0.15, -0.1) is 0 Å². The first-order chi connectivity index (χ1) is 6.74. The summed E-state index contributed by atoms with van der Waals surface area (Å²) in [5, 5.41) is 6.40. The maximum atomic E-state index is 12.6. The van der Waals surface area contributed by atoms with Crippen molar-refractivity contribution in [3.05, 3.63) is 35.5 Å². The number of nitrogens with two attached hydrogens (primary N) is 1. The topological polar surface area (TPSA) is 50.9 Å². The number of halogens is 1. The van der Waals surface area contributed by atoms with Gasteiger partial charge in [0.25, 0.3) is 0 Å². The fourth-order valence-corrected chi connectivity index (χ4v) is 1.53. The van der Waals surface area contributed by atoms with Crippen LogP contribution in [-0.2, 0) is 0 Å². The monoisotopic (exact) mass is 208 g/mol. The van der Waals surface area contributed by atoms with Crippen LogP contribution >= 0.6 is 11.3 Å². The number of benzene rings is 1. The molecule has 5 heteroatoms. The highest BCUT2D eigenvalue weighted by molar-refractivity contribution is 7.13. The average Bonchev–Trinajstić information content (AvgIpc) is 2.56. The van der Waals surface area contributed by atoms with Crippen molar-refractivity contribution < 1.29 is 4.39 Å². The van der Waals surface area contributed by atoms with E-state index in [9.17, 15) is 4.39 Å². The minimum absolute atomic E-state index is 0.263. The van der Waals surface area contributed by atoms with Crippen LogP contribution in [0.25, 0.3) is 0 Å². The number of nitrogens with one attached hydrogen (secondary N) is 1. The lowest BCUT2D eigenvalue weighted by molar-refractivity contribution is 0.628. The molecule has 0 saturated carbocycles. The Balaban J connectivity index is 2.15. The van der Waals surface area contributed by atoms with Gasteiger partial charge in [0.15, 0.2) is 5.13 Å². The lowest BCUT2D eigenvalue weighted by atomic mass is 10.3. The van der Waals surface area contributed by atoms with E-state index >= 15 is 0 Å². The van der Waals surface area contributed by atoms with E-state index in [0.29, 0.717) is 10.9 Å². The third-order valence-electron chi connectivity index (χ3n) is 1.57. The summed E-state index contributed by atoms with van der Waals surface area (Å²) >= 11 is 1.28. The van der Waals surface area contributed by atoms with Crippen LogP contribution in [0.3, 0.4) is 0 Å². The van der Waals surface area contributed by atoms with Crippen LogP contribution in [0.1, 0.15) is 0 Å². The van der Waals surface area contributed by atoms with E-state index < -0.39 is 0 Å². The second kappa shape index (κ2) is 3.63. The fraction of sp³-hybridized carbons (Fsp3) is 0. The van der Waals surface area contributed by atoms with E-state index in [4.69, 9.17) is 5.73 Å². The lowest BCUT2D eigenvalue weighted by Gasteiger charge is -2.00. The second-order valence-corrected chi connectivity index (χ2v) is 3.43. The number of rotatable bonds is 2. The zero-order chi connectivity index (χ0) is 9.97. The summed E-state index contributed by atoms with van der Waals surface area (Å²) in [6.45, 7) is 0. The molecule has 0 bridgehead atoms. The number of anilines is 3. The van der Waals surface area contributed by atoms with Gasteiger partial charge in [-0.1, -0.05) is 11.3 Å². The van der Waals surface area contributed by atoms with E-state index in [1.807, 2.05) is 0 Å². The van der Waals surface area contributed by atoms with Crippen molar-refractivity contribution in [1.29, 1.82) is 0 Å². The Labute approximate surface area is 84.4 Å². The van der Waals surface area contributed by atoms with Gasteiger partial charge in [-0.05, 0) is 24.3 Å². The molecular formula is C9H7FN3S. The maximum absolute atomic E-state index is 12.6. The van der Waals surface area contributed by atoms with Gasteiger partial charge in [0.1, 0.15) is 11.6 Å². The molecule has 0 amide bonds. The first-order valence-electron chi connectivity index (χ1n) is 3.90. The molecule has 14 heavy (non-hydrogen) atoms.